The van der Waals surface area contributed by atoms with Crippen LogP contribution < -0.4 is 4.90 Å². The van der Waals surface area contributed by atoms with E-state index in [0.717, 1.165) is 16.7 Å². The predicted molar refractivity (Wildman–Crippen MR) is 159 cm³/mol. The summed E-state index contributed by atoms with van der Waals surface area (Å²) < 4.78 is 5.44. The maximum absolute atomic E-state index is 13.5. The molecule has 0 spiro atoms. The summed E-state index contributed by atoms with van der Waals surface area (Å²) in [5.41, 5.74) is 5.19. The van der Waals surface area contributed by atoms with E-state index in [0.29, 0.717) is 26.8 Å². The van der Waals surface area contributed by atoms with E-state index in [1.54, 1.807) is 30.3 Å². The number of carbonyl (C=O) groups excluding carboxylic acids is 3. The second-order valence-corrected chi connectivity index (χ2v) is 11.9. The minimum Gasteiger partial charge on any atom is -0.507 e. The standard InChI is InChI=1S/C31H27N3O5S2/c1-17-6-9-20(10-7-17)16-40-31-33-32-30(41-31)34-25(21-11-13-22(14-12-21)29(38)39-4)24(27(36)28(34)37)26(35)23-15-18(2)5-8-19(23)3/h5-15,25,35H,16H2,1-4H3. The second kappa shape index (κ2) is 11.7. The number of Topliss-reactive ketones (excluding diaryl/α,β-unsaturated/α-hetero) is 1. The summed E-state index contributed by atoms with van der Waals surface area (Å²) in [4.78, 5) is 40.4. The number of aromatic nitrogens is 2. The van der Waals surface area contributed by atoms with Crippen LogP contribution in [-0.2, 0) is 20.1 Å². The molecule has 0 aliphatic carbocycles. The number of rotatable bonds is 7. The first kappa shape index (κ1) is 28.3. The number of benzene rings is 3. The van der Waals surface area contributed by atoms with E-state index in [4.69, 9.17) is 4.74 Å². The highest BCUT2D eigenvalue weighted by molar-refractivity contribution is 8.00. The van der Waals surface area contributed by atoms with Crippen LogP contribution in [0.4, 0.5) is 5.13 Å². The van der Waals surface area contributed by atoms with Crippen molar-refractivity contribution in [3.63, 3.8) is 0 Å². The van der Waals surface area contributed by atoms with E-state index in [2.05, 4.69) is 10.2 Å². The number of nitrogens with zero attached hydrogens (tertiary/aromatic N) is 3. The third-order valence-corrected chi connectivity index (χ3v) is 8.95. The number of methoxy groups -OCH3 is 1. The lowest BCUT2D eigenvalue weighted by atomic mass is 9.93. The molecule has 1 aliphatic heterocycles. The molecule has 2 heterocycles. The average Bonchev–Trinajstić information content (AvgIpc) is 3.55. The Hall–Kier alpha value is -4.28. The summed E-state index contributed by atoms with van der Waals surface area (Å²) in [6.07, 6.45) is 0. The summed E-state index contributed by atoms with van der Waals surface area (Å²) in [5, 5.41) is 20.3. The smallest absolute Gasteiger partial charge is 0.337 e. The number of thioether (sulfide) groups is 1. The van der Waals surface area contributed by atoms with Gasteiger partial charge in [-0.25, -0.2) is 4.79 Å². The van der Waals surface area contributed by atoms with Crippen LogP contribution in [0.2, 0.25) is 0 Å². The monoisotopic (exact) mass is 585 g/mol. The Morgan fingerprint density at radius 1 is 0.976 bits per heavy atom. The maximum atomic E-state index is 13.5. The van der Waals surface area contributed by atoms with Crippen molar-refractivity contribution >= 4 is 51.6 Å². The van der Waals surface area contributed by atoms with Gasteiger partial charge in [0, 0.05) is 11.3 Å². The highest BCUT2D eigenvalue weighted by Gasteiger charge is 2.48. The van der Waals surface area contributed by atoms with E-state index in [9.17, 15) is 19.5 Å². The molecule has 1 amide bonds. The van der Waals surface area contributed by atoms with Crippen molar-refractivity contribution < 1.29 is 24.2 Å². The normalized spacial score (nSPS) is 16.3. The molecule has 10 heteroatoms. The molecule has 0 radical (unpaired) electrons. The van der Waals surface area contributed by atoms with Gasteiger partial charge in [0.05, 0.1) is 24.3 Å². The van der Waals surface area contributed by atoms with Crippen LogP contribution in [0.1, 0.15) is 49.8 Å². The van der Waals surface area contributed by atoms with Crippen LogP contribution in [0.3, 0.4) is 0 Å². The number of amides is 1. The van der Waals surface area contributed by atoms with E-state index >= 15 is 0 Å². The number of ether oxygens (including phenoxy) is 1. The molecule has 1 aromatic heterocycles. The molecule has 4 aromatic rings. The molecule has 1 unspecified atom stereocenters. The topological polar surface area (TPSA) is 110 Å². The first-order valence-corrected chi connectivity index (χ1v) is 14.6. The van der Waals surface area contributed by atoms with E-state index in [-0.39, 0.29) is 16.5 Å². The minimum absolute atomic E-state index is 0.0569. The number of hydrogen-bond donors (Lipinski definition) is 1. The first-order chi connectivity index (χ1) is 19.7. The van der Waals surface area contributed by atoms with Crippen LogP contribution in [0.5, 0.6) is 0 Å². The van der Waals surface area contributed by atoms with E-state index in [1.165, 1.54) is 40.7 Å². The van der Waals surface area contributed by atoms with E-state index < -0.39 is 23.7 Å². The number of ketones is 1. The van der Waals surface area contributed by atoms with Gasteiger partial charge in [-0.2, -0.15) is 0 Å². The highest BCUT2D eigenvalue weighted by atomic mass is 32.2. The molecule has 8 nitrogen and oxygen atoms in total. The van der Waals surface area contributed by atoms with Crippen molar-refractivity contribution in [3.8, 4) is 0 Å². The number of anilines is 1. The van der Waals surface area contributed by atoms with Gasteiger partial charge >= 0.3 is 11.9 Å². The molecule has 0 saturated carbocycles. The Labute approximate surface area is 245 Å². The van der Waals surface area contributed by atoms with Crippen LogP contribution in [-0.4, -0.2) is 40.1 Å². The van der Waals surface area contributed by atoms with Crippen molar-refractivity contribution in [1.29, 1.82) is 0 Å². The zero-order chi connectivity index (χ0) is 29.3. The van der Waals surface area contributed by atoms with Gasteiger partial charge in [0.1, 0.15) is 5.76 Å². The maximum Gasteiger partial charge on any atom is 0.337 e. The Morgan fingerprint density at radius 2 is 1.66 bits per heavy atom. The Morgan fingerprint density at radius 3 is 2.34 bits per heavy atom. The van der Waals surface area contributed by atoms with Crippen molar-refractivity contribution in [3.05, 3.63) is 111 Å². The number of hydrogen-bond acceptors (Lipinski definition) is 9. The van der Waals surface area contributed by atoms with Gasteiger partial charge in [0.25, 0.3) is 5.78 Å². The molecule has 41 heavy (non-hydrogen) atoms. The fraction of sp³-hybridized carbons (Fsp3) is 0.194. The quantitative estimate of drug-likeness (QED) is 0.0685. The molecule has 208 valence electrons. The molecule has 3 aromatic carbocycles. The lowest BCUT2D eigenvalue weighted by Crippen LogP contribution is -2.29. The molecule has 1 atom stereocenters. The summed E-state index contributed by atoms with van der Waals surface area (Å²) in [6, 6.07) is 19.1. The lowest BCUT2D eigenvalue weighted by Gasteiger charge is -2.23. The van der Waals surface area contributed by atoms with Gasteiger partial charge in [-0.05, 0) is 55.7 Å². The molecular weight excluding hydrogens is 558 g/mol. The summed E-state index contributed by atoms with van der Waals surface area (Å²) in [6.45, 7) is 5.74. The number of carbonyl (C=O) groups is 3. The molecule has 1 fully saturated rings. The van der Waals surface area contributed by atoms with Crippen LogP contribution >= 0.6 is 23.1 Å². The Bertz CT molecular complexity index is 1680. The summed E-state index contributed by atoms with van der Waals surface area (Å²) in [7, 11) is 1.29. The number of aliphatic hydroxyl groups is 1. The number of aryl methyl sites for hydroxylation is 3. The predicted octanol–water partition coefficient (Wildman–Crippen LogP) is 6.17. The number of aliphatic hydroxyl groups excluding tert-OH is 1. The van der Waals surface area contributed by atoms with Gasteiger partial charge in [-0.15, -0.1) is 10.2 Å². The highest BCUT2D eigenvalue weighted by Crippen LogP contribution is 2.44. The van der Waals surface area contributed by atoms with Crippen molar-refractivity contribution in [2.75, 3.05) is 12.0 Å². The van der Waals surface area contributed by atoms with Crippen molar-refractivity contribution in [1.82, 2.24) is 10.2 Å². The minimum atomic E-state index is -0.982. The molecule has 1 N–H and O–H groups in total. The van der Waals surface area contributed by atoms with Gasteiger partial charge in [0.2, 0.25) is 5.13 Å². The second-order valence-electron chi connectivity index (χ2n) is 9.73. The van der Waals surface area contributed by atoms with Crippen molar-refractivity contribution in [2.45, 2.75) is 36.9 Å². The van der Waals surface area contributed by atoms with Crippen LogP contribution in [0.15, 0.2) is 76.6 Å². The third-order valence-electron chi connectivity index (χ3n) is 6.82. The molecule has 0 bridgehead atoms. The molecular formula is C31H27N3O5S2. The summed E-state index contributed by atoms with van der Waals surface area (Å²) >= 11 is 2.68. The fourth-order valence-corrected chi connectivity index (χ4v) is 6.41. The molecule has 1 aliphatic rings. The Balaban J connectivity index is 1.57. The van der Waals surface area contributed by atoms with Gasteiger partial charge in [-0.1, -0.05) is 82.8 Å². The first-order valence-electron chi connectivity index (χ1n) is 12.8. The van der Waals surface area contributed by atoms with Crippen molar-refractivity contribution in [2.24, 2.45) is 0 Å². The SMILES string of the molecule is COC(=O)c1ccc(C2C(=C(O)c3cc(C)ccc3C)C(=O)C(=O)N2c2nnc(SCc3ccc(C)cc3)s2)cc1. The van der Waals surface area contributed by atoms with Crippen LogP contribution in [0, 0.1) is 20.8 Å². The summed E-state index contributed by atoms with van der Waals surface area (Å²) in [5.74, 6) is -1.76. The zero-order valence-corrected chi connectivity index (χ0v) is 24.5. The van der Waals surface area contributed by atoms with Gasteiger partial charge < -0.3 is 9.84 Å². The van der Waals surface area contributed by atoms with E-state index in [1.807, 2.05) is 57.2 Å². The number of esters is 1. The third kappa shape index (κ3) is 5.66. The largest absolute Gasteiger partial charge is 0.507 e. The zero-order valence-electron chi connectivity index (χ0n) is 22.9. The molecule has 5 rings (SSSR count). The van der Waals surface area contributed by atoms with Crippen LogP contribution in [0.25, 0.3) is 5.76 Å². The average molecular weight is 586 g/mol. The van der Waals surface area contributed by atoms with Gasteiger partial charge in [-0.3, -0.25) is 14.5 Å². The lowest BCUT2D eigenvalue weighted by molar-refractivity contribution is -0.132. The Kier molecular flexibility index (Phi) is 8.05. The fourth-order valence-electron chi connectivity index (χ4n) is 4.59. The molecule has 1 saturated heterocycles. The van der Waals surface area contributed by atoms with Gasteiger partial charge in [0.15, 0.2) is 4.34 Å².